The minimum Gasteiger partial charge on any atom is -0.454 e. The van der Waals surface area contributed by atoms with Crippen LogP contribution in [0.3, 0.4) is 0 Å². The first-order chi connectivity index (χ1) is 14.6. The molecule has 0 saturated heterocycles. The van der Waals surface area contributed by atoms with Crippen LogP contribution in [0, 0.1) is 25.2 Å². The second-order valence-electron chi connectivity index (χ2n) is 7.71. The Morgan fingerprint density at radius 1 is 0.833 bits per heavy atom. The average Bonchev–Trinajstić information content (AvgIpc) is 3.12. The Morgan fingerprint density at radius 2 is 1.57 bits per heavy atom. The Morgan fingerprint density at radius 3 is 2.30 bits per heavy atom. The number of aryl methyl sites for hydroxylation is 2. The molecule has 3 aromatic carbocycles. The van der Waals surface area contributed by atoms with E-state index in [-0.39, 0.29) is 0 Å². The Balaban J connectivity index is 1.97. The highest BCUT2D eigenvalue weighted by atomic mass is 16.3. The molecule has 30 heavy (non-hydrogen) atoms. The van der Waals surface area contributed by atoms with Gasteiger partial charge in [-0.3, -0.25) is 0 Å². The van der Waals surface area contributed by atoms with E-state index in [0.717, 1.165) is 55.4 Å². The van der Waals surface area contributed by atoms with E-state index in [4.69, 9.17) is 4.42 Å². The van der Waals surface area contributed by atoms with Crippen LogP contribution in [-0.4, -0.2) is 0 Å². The van der Waals surface area contributed by atoms with Crippen molar-refractivity contribution in [2.24, 2.45) is 7.05 Å². The zero-order valence-electron chi connectivity index (χ0n) is 17.2. The van der Waals surface area contributed by atoms with E-state index in [9.17, 15) is 5.26 Å². The number of hydrogen-bond donors (Lipinski definition) is 0. The second-order valence-corrected chi connectivity index (χ2v) is 7.71. The predicted molar refractivity (Wildman–Crippen MR) is 120 cm³/mol. The largest absolute Gasteiger partial charge is 0.454 e. The van der Waals surface area contributed by atoms with Crippen molar-refractivity contribution in [3.8, 4) is 28.5 Å². The lowest BCUT2D eigenvalue weighted by atomic mass is 9.93. The first-order valence-electron chi connectivity index (χ1n) is 10.00. The molecular weight excluding hydrogens is 368 g/mol. The van der Waals surface area contributed by atoms with Gasteiger partial charge in [-0.2, -0.15) is 5.26 Å². The molecular formula is C27H21N2O+. The lowest BCUT2D eigenvalue weighted by Crippen LogP contribution is -2.30. The molecule has 0 atom stereocenters. The Labute approximate surface area is 175 Å². The molecule has 0 unspecified atom stereocenters. The molecule has 2 heterocycles. The Bertz CT molecular complexity index is 1470. The highest BCUT2D eigenvalue weighted by Crippen LogP contribution is 2.42. The molecule has 5 rings (SSSR count). The maximum atomic E-state index is 9.79. The monoisotopic (exact) mass is 389 g/mol. The second kappa shape index (κ2) is 6.86. The average molecular weight is 389 g/mol. The molecule has 0 amide bonds. The summed E-state index contributed by atoms with van der Waals surface area (Å²) in [4.78, 5) is 0. The fourth-order valence-electron chi connectivity index (χ4n) is 4.34. The number of pyridine rings is 1. The smallest absolute Gasteiger partial charge is 0.216 e. The summed E-state index contributed by atoms with van der Waals surface area (Å²) >= 11 is 0. The van der Waals surface area contributed by atoms with Gasteiger partial charge in [0.1, 0.15) is 18.2 Å². The van der Waals surface area contributed by atoms with E-state index in [2.05, 4.69) is 47.9 Å². The van der Waals surface area contributed by atoms with Crippen LogP contribution in [0.5, 0.6) is 0 Å². The summed E-state index contributed by atoms with van der Waals surface area (Å²) in [7, 11) is 2.05. The SMILES string of the molecule is Cc1ccc2c(oc3c(-c4ccccc4)c(C)c(C#N)cc32)c1-c1cccc[n+]1C. The molecule has 0 N–H and O–H groups in total. The molecule has 0 spiro atoms. The number of benzene rings is 3. The van der Waals surface area contributed by atoms with Gasteiger partial charge in [-0.25, -0.2) is 4.57 Å². The Kier molecular flexibility index (Phi) is 4.15. The van der Waals surface area contributed by atoms with Crippen molar-refractivity contribution in [3.05, 3.63) is 89.6 Å². The van der Waals surface area contributed by atoms with E-state index in [1.807, 2.05) is 56.6 Å². The van der Waals surface area contributed by atoms with Crippen molar-refractivity contribution in [2.75, 3.05) is 0 Å². The van der Waals surface area contributed by atoms with Gasteiger partial charge in [-0.1, -0.05) is 42.5 Å². The molecule has 144 valence electrons. The van der Waals surface area contributed by atoms with Gasteiger partial charge in [0, 0.05) is 28.5 Å². The molecule has 2 aromatic heterocycles. The minimum absolute atomic E-state index is 0.677. The fraction of sp³-hybridized carbons (Fsp3) is 0.111. The number of rotatable bonds is 2. The number of hydrogen-bond acceptors (Lipinski definition) is 2. The van der Waals surface area contributed by atoms with Gasteiger partial charge in [0.2, 0.25) is 5.69 Å². The van der Waals surface area contributed by atoms with Gasteiger partial charge in [0.15, 0.2) is 6.20 Å². The molecule has 3 heteroatoms. The summed E-state index contributed by atoms with van der Waals surface area (Å²) in [5, 5.41) is 11.8. The summed E-state index contributed by atoms with van der Waals surface area (Å²) in [6.07, 6.45) is 2.05. The van der Waals surface area contributed by atoms with Crippen LogP contribution in [0.4, 0.5) is 0 Å². The van der Waals surface area contributed by atoms with E-state index in [1.165, 1.54) is 0 Å². The lowest BCUT2D eigenvalue weighted by molar-refractivity contribution is -0.660. The van der Waals surface area contributed by atoms with Crippen molar-refractivity contribution in [2.45, 2.75) is 13.8 Å². The van der Waals surface area contributed by atoms with E-state index < -0.39 is 0 Å². The number of nitrogens with zero attached hydrogens (tertiary/aromatic N) is 2. The Hall–Kier alpha value is -3.90. The van der Waals surface area contributed by atoms with E-state index >= 15 is 0 Å². The predicted octanol–water partition coefficient (Wildman–Crippen LogP) is 6.23. The van der Waals surface area contributed by atoms with Crippen LogP contribution < -0.4 is 4.57 Å². The van der Waals surface area contributed by atoms with Crippen LogP contribution in [0.15, 0.2) is 77.3 Å². The number of nitriles is 1. The quantitative estimate of drug-likeness (QED) is 0.336. The molecule has 0 aliphatic rings. The van der Waals surface area contributed by atoms with Gasteiger partial charge >= 0.3 is 0 Å². The lowest BCUT2D eigenvalue weighted by Gasteiger charge is -2.08. The van der Waals surface area contributed by atoms with E-state index in [0.29, 0.717) is 5.56 Å². The molecule has 0 bridgehead atoms. The minimum atomic E-state index is 0.677. The summed E-state index contributed by atoms with van der Waals surface area (Å²) in [5.74, 6) is 0. The van der Waals surface area contributed by atoms with Gasteiger partial charge in [-0.15, -0.1) is 0 Å². The molecule has 0 radical (unpaired) electrons. The highest BCUT2D eigenvalue weighted by Gasteiger charge is 2.23. The first-order valence-corrected chi connectivity index (χ1v) is 10.00. The number of furan rings is 1. The standard InChI is InChI=1S/C27H21N2O/c1-17-12-13-21-22-15-20(16-28)18(2)25(19-9-5-4-6-10-19)27(22)30-26(21)24(17)23-11-7-8-14-29(23)3/h4-15H,1-3H3/q+1. The van der Waals surface area contributed by atoms with Crippen LogP contribution >= 0.6 is 0 Å². The van der Waals surface area contributed by atoms with Crippen molar-refractivity contribution in [1.29, 1.82) is 5.26 Å². The maximum Gasteiger partial charge on any atom is 0.216 e. The van der Waals surface area contributed by atoms with Gasteiger partial charge < -0.3 is 4.42 Å². The third-order valence-electron chi connectivity index (χ3n) is 5.89. The van der Waals surface area contributed by atoms with Crippen LogP contribution in [0.2, 0.25) is 0 Å². The van der Waals surface area contributed by atoms with Crippen molar-refractivity contribution < 1.29 is 8.98 Å². The molecule has 0 aliphatic heterocycles. The molecule has 0 saturated carbocycles. The van der Waals surface area contributed by atoms with Gasteiger partial charge in [-0.05, 0) is 42.7 Å². The summed E-state index contributed by atoms with van der Waals surface area (Å²) in [6, 6.07) is 24.9. The zero-order chi connectivity index (χ0) is 20.8. The number of fused-ring (bicyclic) bond motifs is 3. The number of aromatic nitrogens is 1. The van der Waals surface area contributed by atoms with Crippen molar-refractivity contribution >= 4 is 21.9 Å². The maximum absolute atomic E-state index is 9.79. The highest BCUT2D eigenvalue weighted by molar-refractivity contribution is 6.14. The van der Waals surface area contributed by atoms with Gasteiger partial charge in [0.05, 0.1) is 17.2 Å². The van der Waals surface area contributed by atoms with Crippen molar-refractivity contribution in [3.63, 3.8) is 0 Å². The van der Waals surface area contributed by atoms with E-state index in [1.54, 1.807) is 0 Å². The topological polar surface area (TPSA) is 40.8 Å². The fourth-order valence-corrected chi connectivity index (χ4v) is 4.34. The summed E-state index contributed by atoms with van der Waals surface area (Å²) in [6.45, 7) is 4.11. The first kappa shape index (κ1) is 18.1. The van der Waals surface area contributed by atoms with Crippen LogP contribution in [-0.2, 0) is 7.05 Å². The van der Waals surface area contributed by atoms with Gasteiger partial charge in [0.25, 0.3) is 0 Å². The normalized spacial score (nSPS) is 11.1. The summed E-state index contributed by atoms with van der Waals surface area (Å²) in [5.41, 5.74) is 8.69. The molecule has 3 nitrogen and oxygen atoms in total. The third-order valence-corrected chi connectivity index (χ3v) is 5.89. The van der Waals surface area contributed by atoms with Crippen LogP contribution in [0.25, 0.3) is 44.3 Å². The zero-order valence-corrected chi connectivity index (χ0v) is 17.2. The van der Waals surface area contributed by atoms with Crippen LogP contribution in [0.1, 0.15) is 16.7 Å². The molecule has 0 fully saturated rings. The van der Waals surface area contributed by atoms with Crippen molar-refractivity contribution in [1.82, 2.24) is 0 Å². The third kappa shape index (κ3) is 2.62. The summed E-state index contributed by atoms with van der Waals surface area (Å²) < 4.78 is 8.73. The molecule has 0 aliphatic carbocycles. The molecule has 5 aromatic rings.